The van der Waals surface area contributed by atoms with Crippen LogP contribution in [0.4, 0.5) is 4.39 Å². The van der Waals surface area contributed by atoms with Gasteiger partial charge in [-0.3, -0.25) is 9.59 Å². The molecular weight excluding hydrogens is 423 g/mol. The molecule has 7 nitrogen and oxygen atoms in total. The Balaban J connectivity index is 1.65. The molecule has 31 heavy (non-hydrogen) atoms. The Morgan fingerprint density at radius 3 is 2.52 bits per heavy atom. The zero-order valence-corrected chi connectivity index (χ0v) is 17.5. The first-order valence-electron chi connectivity index (χ1n) is 9.79. The van der Waals surface area contributed by atoms with Gasteiger partial charge < -0.3 is 20.4 Å². The fourth-order valence-electron chi connectivity index (χ4n) is 3.77. The lowest BCUT2D eigenvalue weighted by molar-refractivity contribution is -0.149. The highest BCUT2D eigenvalue weighted by atomic mass is 32.1. The number of hydrogen-bond acceptors (Lipinski definition) is 5. The van der Waals surface area contributed by atoms with Gasteiger partial charge in [0.1, 0.15) is 17.6 Å². The molecule has 2 aromatic rings. The van der Waals surface area contributed by atoms with Crippen LogP contribution in [0.2, 0.25) is 0 Å². The van der Waals surface area contributed by atoms with Crippen molar-refractivity contribution < 1.29 is 29.0 Å². The van der Waals surface area contributed by atoms with Gasteiger partial charge in [-0.2, -0.15) is 12.6 Å². The Labute approximate surface area is 184 Å². The van der Waals surface area contributed by atoms with Crippen LogP contribution in [0, 0.1) is 5.82 Å². The van der Waals surface area contributed by atoms with E-state index in [9.17, 15) is 29.0 Å². The summed E-state index contributed by atoms with van der Waals surface area (Å²) in [4.78, 5) is 38.2. The van der Waals surface area contributed by atoms with Gasteiger partial charge in [0.05, 0.1) is 17.8 Å². The van der Waals surface area contributed by atoms with Crippen molar-refractivity contribution in [3.8, 4) is 5.75 Å². The van der Waals surface area contributed by atoms with Crippen molar-refractivity contribution in [1.29, 1.82) is 0 Å². The zero-order valence-electron chi connectivity index (χ0n) is 16.6. The smallest absolute Gasteiger partial charge is 0.326 e. The van der Waals surface area contributed by atoms with E-state index in [4.69, 9.17) is 0 Å². The zero-order chi connectivity index (χ0) is 22.5. The van der Waals surface area contributed by atoms with Crippen LogP contribution in [0.15, 0.2) is 48.5 Å². The van der Waals surface area contributed by atoms with Gasteiger partial charge in [-0.1, -0.05) is 24.3 Å². The van der Waals surface area contributed by atoms with Crippen molar-refractivity contribution in [2.45, 2.75) is 36.6 Å². The van der Waals surface area contributed by atoms with Crippen LogP contribution in [0.25, 0.3) is 0 Å². The van der Waals surface area contributed by atoms with Crippen LogP contribution in [0.5, 0.6) is 5.75 Å². The Morgan fingerprint density at radius 1 is 1.16 bits per heavy atom. The van der Waals surface area contributed by atoms with E-state index in [-0.39, 0.29) is 31.0 Å². The van der Waals surface area contributed by atoms with Crippen LogP contribution < -0.4 is 5.32 Å². The fourth-order valence-corrected chi connectivity index (χ4v) is 4.07. The summed E-state index contributed by atoms with van der Waals surface area (Å²) >= 11 is 4.26. The summed E-state index contributed by atoms with van der Waals surface area (Å²) in [5.74, 6) is -2.49. The summed E-state index contributed by atoms with van der Waals surface area (Å²) in [5, 5.41) is 21.0. The molecule has 0 saturated carbocycles. The number of amides is 2. The molecule has 0 spiro atoms. The molecule has 3 atom stereocenters. The average molecular weight is 447 g/mol. The van der Waals surface area contributed by atoms with Crippen LogP contribution in [0.3, 0.4) is 0 Å². The molecule has 9 heteroatoms. The van der Waals surface area contributed by atoms with Gasteiger partial charge in [-0.05, 0) is 54.7 Å². The van der Waals surface area contributed by atoms with Gasteiger partial charge in [0, 0.05) is 0 Å². The van der Waals surface area contributed by atoms with Gasteiger partial charge in [0.25, 0.3) is 0 Å². The SMILES string of the molecule is O=C(NCC(=O)N1[C@@H](c2cccc(O)c2)CC[C@H]1C(=O)O)C(S)Cc1ccc(F)cc1. The Bertz CT molecular complexity index is 969. The van der Waals surface area contributed by atoms with Crippen molar-refractivity contribution >= 4 is 30.4 Å². The Hall–Kier alpha value is -3.07. The molecule has 3 N–H and O–H groups in total. The maximum absolute atomic E-state index is 13.0. The summed E-state index contributed by atoms with van der Waals surface area (Å²) in [5.41, 5.74) is 1.35. The van der Waals surface area contributed by atoms with Crippen LogP contribution in [0.1, 0.15) is 30.0 Å². The van der Waals surface area contributed by atoms with Crippen molar-refractivity contribution in [2.75, 3.05) is 6.54 Å². The number of aromatic hydroxyl groups is 1. The van der Waals surface area contributed by atoms with E-state index in [1.165, 1.54) is 29.2 Å². The predicted molar refractivity (Wildman–Crippen MR) is 114 cm³/mol. The number of rotatable bonds is 7. The number of benzene rings is 2. The summed E-state index contributed by atoms with van der Waals surface area (Å²) in [6.07, 6.45) is 0.950. The van der Waals surface area contributed by atoms with E-state index < -0.39 is 35.1 Å². The number of likely N-dealkylation sites (tertiary alicyclic amines) is 1. The average Bonchev–Trinajstić information content (AvgIpc) is 3.19. The van der Waals surface area contributed by atoms with Crippen molar-refractivity contribution in [2.24, 2.45) is 0 Å². The summed E-state index contributed by atoms with van der Waals surface area (Å²) < 4.78 is 13.0. The molecule has 164 valence electrons. The lowest BCUT2D eigenvalue weighted by Crippen LogP contribution is -2.47. The second-order valence-electron chi connectivity index (χ2n) is 7.41. The van der Waals surface area contributed by atoms with Gasteiger partial charge >= 0.3 is 5.97 Å². The predicted octanol–water partition coefficient (Wildman–Crippen LogP) is 2.31. The second kappa shape index (κ2) is 9.82. The van der Waals surface area contributed by atoms with Gasteiger partial charge in [-0.15, -0.1) is 0 Å². The van der Waals surface area contributed by atoms with E-state index in [0.717, 1.165) is 5.56 Å². The summed E-state index contributed by atoms with van der Waals surface area (Å²) in [6.45, 7) is -0.377. The Kier molecular flexibility index (Phi) is 7.17. The lowest BCUT2D eigenvalue weighted by atomic mass is 10.0. The molecule has 2 aromatic carbocycles. The molecule has 0 aromatic heterocycles. The highest BCUT2D eigenvalue weighted by molar-refractivity contribution is 7.81. The van der Waals surface area contributed by atoms with Crippen LogP contribution in [-0.4, -0.2) is 50.7 Å². The minimum absolute atomic E-state index is 0.0238. The summed E-state index contributed by atoms with van der Waals surface area (Å²) in [7, 11) is 0. The van der Waals surface area contributed by atoms with Gasteiger partial charge in [-0.25, -0.2) is 9.18 Å². The minimum atomic E-state index is -1.12. The first kappa shape index (κ1) is 22.6. The number of aliphatic carboxylic acids is 1. The quantitative estimate of drug-likeness (QED) is 0.489. The Morgan fingerprint density at radius 2 is 1.87 bits per heavy atom. The van der Waals surface area contributed by atoms with Crippen molar-refractivity contribution in [1.82, 2.24) is 10.2 Å². The number of carboxylic acid groups (broad SMARTS) is 1. The van der Waals surface area contributed by atoms with E-state index in [1.807, 2.05) is 0 Å². The molecule has 1 unspecified atom stereocenters. The fraction of sp³-hybridized carbons (Fsp3) is 0.318. The van der Waals surface area contributed by atoms with E-state index in [1.54, 1.807) is 24.3 Å². The number of carbonyl (C=O) groups excluding carboxylic acids is 2. The number of carboxylic acids is 1. The lowest BCUT2D eigenvalue weighted by Gasteiger charge is -2.29. The van der Waals surface area contributed by atoms with Crippen LogP contribution >= 0.6 is 12.6 Å². The second-order valence-corrected chi connectivity index (χ2v) is 8.03. The van der Waals surface area contributed by atoms with Crippen molar-refractivity contribution in [3.63, 3.8) is 0 Å². The van der Waals surface area contributed by atoms with E-state index >= 15 is 0 Å². The highest BCUT2D eigenvalue weighted by Gasteiger charge is 2.41. The molecule has 1 aliphatic heterocycles. The number of carbonyl (C=O) groups is 3. The molecule has 1 saturated heterocycles. The monoisotopic (exact) mass is 446 g/mol. The maximum atomic E-state index is 13.0. The number of phenols is 1. The van der Waals surface area contributed by atoms with Gasteiger partial charge in [0.15, 0.2) is 0 Å². The third-order valence-corrected chi connectivity index (χ3v) is 5.69. The molecule has 2 amide bonds. The third kappa shape index (κ3) is 5.55. The maximum Gasteiger partial charge on any atom is 0.326 e. The normalized spacial score (nSPS) is 19.1. The number of hydrogen-bond donors (Lipinski definition) is 4. The number of thiol groups is 1. The molecule has 0 radical (unpaired) electrons. The molecule has 0 aliphatic carbocycles. The molecule has 1 heterocycles. The van der Waals surface area contributed by atoms with E-state index in [2.05, 4.69) is 17.9 Å². The van der Waals surface area contributed by atoms with Crippen LogP contribution in [-0.2, 0) is 20.8 Å². The number of nitrogens with one attached hydrogen (secondary N) is 1. The topological polar surface area (TPSA) is 107 Å². The number of phenolic OH excluding ortho intramolecular Hbond substituents is 1. The number of halogens is 1. The van der Waals surface area contributed by atoms with E-state index in [0.29, 0.717) is 12.0 Å². The van der Waals surface area contributed by atoms with Crippen molar-refractivity contribution in [3.05, 3.63) is 65.5 Å². The summed E-state index contributed by atoms with van der Waals surface area (Å²) in [6, 6.07) is 10.5. The number of nitrogens with zero attached hydrogens (tertiary/aromatic N) is 1. The first-order valence-corrected chi connectivity index (χ1v) is 10.3. The third-order valence-electron chi connectivity index (χ3n) is 5.27. The van der Waals surface area contributed by atoms with Gasteiger partial charge in [0.2, 0.25) is 11.8 Å². The standard InChI is InChI=1S/C22H23FN2O5S/c23-15-6-4-13(5-7-15)10-19(31)21(28)24-12-20(27)25-17(8-9-18(25)22(29)30)14-2-1-3-16(26)11-14/h1-7,11,17-19,26,31H,8-10,12H2,(H,24,28)(H,29,30)/t17-,18+,19?/m1/s1. The molecule has 1 aliphatic rings. The molecule has 1 fully saturated rings. The molecular formula is C22H23FN2O5S. The first-order chi connectivity index (χ1) is 14.8. The molecule has 3 rings (SSSR count). The largest absolute Gasteiger partial charge is 0.508 e. The highest BCUT2D eigenvalue weighted by Crippen LogP contribution is 2.37. The molecule has 0 bridgehead atoms. The minimum Gasteiger partial charge on any atom is -0.508 e.